The van der Waals surface area contributed by atoms with Crippen LogP contribution >= 0.6 is 0 Å². The van der Waals surface area contributed by atoms with E-state index in [-0.39, 0.29) is 17.5 Å². The number of hydrogen-bond donors (Lipinski definition) is 1. The summed E-state index contributed by atoms with van der Waals surface area (Å²) < 4.78 is 7.17. The van der Waals surface area contributed by atoms with E-state index >= 15 is 0 Å². The fourth-order valence-electron chi connectivity index (χ4n) is 1.76. The van der Waals surface area contributed by atoms with Crippen LogP contribution in [0, 0.1) is 0 Å². The van der Waals surface area contributed by atoms with Gasteiger partial charge in [0.2, 0.25) is 0 Å². The molecular weight excluding hydrogens is 242 g/mol. The number of para-hydroxylation sites is 1. The van der Waals surface area contributed by atoms with Crippen LogP contribution in [-0.4, -0.2) is 9.55 Å². The number of hydrogen-bond acceptors (Lipinski definition) is 4. The molecule has 0 aliphatic carbocycles. The van der Waals surface area contributed by atoms with Gasteiger partial charge in [-0.15, -0.1) is 0 Å². The van der Waals surface area contributed by atoms with Crippen LogP contribution < -0.4 is 16.0 Å². The van der Waals surface area contributed by atoms with Crippen LogP contribution in [0.3, 0.4) is 0 Å². The van der Waals surface area contributed by atoms with Crippen molar-refractivity contribution in [2.45, 2.75) is 26.4 Å². The van der Waals surface area contributed by atoms with Crippen molar-refractivity contribution in [1.29, 1.82) is 0 Å². The molecule has 0 saturated heterocycles. The first-order valence-corrected chi connectivity index (χ1v) is 6.16. The maximum absolute atomic E-state index is 12.2. The Morgan fingerprint density at radius 1 is 1.37 bits per heavy atom. The first-order chi connectivity index (χ1) is 9.13. The Morgan fingerprint density at radius 3 is 2.79 bits per heavy atom. The van der Waals surface area contributed by atoms with Crippen LogP contribution in [0.1, 0.15) is 25.5 Å². The molecule has 5 nitrogen and oxygen atoms in total. The summed E-state index contributed by atoms with van der Waals surface area (Å²) >= 11 is 0. The van der Waals surface area contributed by atoms with E-state index in [4.69, 9.17) is 10.5 Å². The van der Waals surface area contributed by atoms with Gasteiger partial charge < -0.3 is 15.0 Å². The van der Waals surface area contributed by atoms with Crippen LogP contribution in [0.2, 0.25) is 0 Å². The average molecular weight is 259 g/mol. The normalized spacial score (nSPS) is 10.7. The molecule has 5 heteroatoms. The van der Waals surface area contributed by atoms with Crippen molar-refractivity contribution >= 4 is 0 Å². The Labute approximate surface area is 111 Å². The molecule has 0 aliphatic rings. The van der Waals surface area contributed by atoms with Gasteiger partial charge >= 0.3 is 5.56 Å². The fourth-order valence-corrected chi connectivity index (χ4v) is 1.76. The topological polar surface area (TPSA) is 70.1 Å². The van der Waals surface area contributed by atoms with E-state index < -0.39 is 0 Å². The molecule has 0 unspecified atom stereocenters. The van der Waals surface area contributed by atoms with Gasteiger partial charge in [0.25, 0.3) is 5.88 Å². The van der Waals surface area contributed by atoms with Gasteiger partial charge in [-0.05, 0) is 19.9 Å². The van der Waals surface area contributed by atoms with Crippen molar-refractivity contribution in [3.05, 3.63) is 52.6 Å². The second kappa shape index (κ2) is 5.67. The minimum Gasteiger partial charge on any atom is -0.434 e. The minimum absolute atomic E-state index is 0.0580. The molecule has 0 aliphatic heterocycles. The van der Waals surface area contributed by atoms with E-state index in [1.54, 1.807) is 23.0 Å². The molecule has 1 heterocycles. The number of nitrogens with two attached hydrogens (primary N) is 1. The smallest absolute Gasteiger partial charge is 0.313 e. The van der Waals surface area contributed by atoms with Gasteiger partial charge in [-0.1, -0.05) is 18.2 Å². The van der Waals surface area contributed by atoms with E-state index in [1.165, 1.54) is 0 Å². The Morgan fingerprint density at radius 2 is 2.11 bits per heavy atom. The molecule has 0 amide bonds. The summed E-state index contributed by atoms with van der Waals surface area (Å²) in [5.74, 6) is 0.633. The highest BCUT2D eigenvalue weighted by atomic mass is 16.5. The SMILES string of the molecule is CC(C)n1ccnc(Oc2ccccc2CN)c1=O. The monoisotopic (exact) mass is 259 g/mol. The van der Waals surface area contributed by atoms with Crippen molar-refractivity contribution in [3.8, 4) is 11.6 Å². The number of nitrogens with zero attached hydrogens (tertiary/aromatic N) is 2. The lowest BCUT2D eigenvalue weighted by Gasteiger charge is -2.12. The quantitative estimate of drug-likeness (QED) is 0.912. The molecule has 2 aromatic rings. The van der Waals surface area contributed by atoms with Crippen molar-refractivity contribution in [1.82, 2.24) is 9.55 Å². The number of benzene rings is 1. The predicted octanol–water partition coefficient (Wildman–Crippen LogP) is 2.08. The molecule has 0 atom stereocenters. The highest BCUT2D eigenvalue weighted by Crippen LogP contribution is 2.21. The molecule has 0 bridgehead atoms. The van der Waals surface area contributed by atoms with E-state index in [1.807, 2.05) is 32.0 Å². The standard InChI is InChI=1S/C14H17N3O2/c1-10(2)17-8-7-16-13(14(17)18)19-12-6-4-3-5-11(12)9-15/h3-8,10H,9,15H2,1-2H3. The summed E-state index contributed by atoms with van der Waals surface area (Å²) in [4.78, 5) is 16.2. The van der Waals surface area contributed by atoms with Gasteiger partial charge in [0.1, 0.15) is 5.75 Å². The van der Waals surface area contributed by atoms with E-state index in [9.17, 15) is 4.79 Å². The van der Waals surface area contributed by atoms with Gasteiger partial charge in [0.05, 0.1) is 0 Å². The maximum Gasteiger partial charge on any atom is 0.313 e. The lowest BCUT2D eigenvalue weighted by molar-refractivity contribution is 0.432. The largest absolute Gasteiger partial charge is 0.434 e. The van der Waals surface area contributed by atoms with Crippen LogP contribution in [-0.2, 0) is 6.54 Å². The maximum atomic E-state index is 12.2. The zero-order valence-corrected chi connectivity index (χ0v) is 11.0. The van der Waals surface area contributed by atoms with Crippen LogP contribution in [0.4, 0.5) is 0 Å². The molecule has 1 aromatic carbocycles. The third kappa shape index (κ3) is 2.82. The van der Waals surface area contributed by atoms with Gasteiger partial charge in [-0.2, -0.15) is 0 Å². The van der Waals surface area contributed by atoms with Crippen LogP contribution in [0.15, 0.2) is 41.5 Å². The molecule has 0 fully saturated rings. The molecule has 1 aromatic heterocycles. The highest BCUT2D eigenvalue weighted by Gasteiger charge is 2.11. The lowest BCUT2D eigenvalue weighted by Crippen LogP contribution is -2.23. The van der Waals surface area contributed by atoms with Crippen molar-refractivity contribution in [2.75, 3.05) is 0 Å². The lowest BCUT2D eigenvalue weighted by atomic mass is 10.2. The Kier molecular flexibility index (Phi) is 3.97. The molecule has 0 radical (unpaired) electrons. The first-order valence-electron chi connectivity index (χ1n) is 6.16. The molecule has 0 spiro atoms. The predicted molar refractivity (Wildman–Crippen MR) is 73.3 cm³/mol. The second-order valence-corrected chi connectivity index (χ2v) is 4.45. The van der Waals surface area contributed by atoms with Crippen molar-refractivity contribution in [3.63, 3.8) is 0 Å². The fraction of sp³-hybridized carbons (Fsp3) is 0.286. The van der Waals surface area contributed by atoms with Gasteiger partial charge in [-0.25, -0.2) is 4.98 Å². The highest BCUT2D eigenvalue weighted by molar-refractivity contribution is 5.35. The molecule has 100 valence electrons. The molecule has 19 heavy (non-hydrogen) atoms. The van der Waals surface area contributed by atoms with E-state index in [0.29, 0.717) is 12.3 Å². The molecule has 2 N–H and O–H groups in total. The summed E-state index contributed by atoms with van der Waals surface area (Å²) in [5.41, 5.74) is 6.23. The summed E-state index contributed by atoms with van der Waals surface area (Å²) in [6.45, 7) is 4.21. The molecular formula is C14H17N3O2. The second-order valence-electron chi connectivity index (χ2n) is 4.45. The summed E-state index contributed by atoms with van der Waals surface area (Å²) in [6.07, 6.45) is 3.20. The van der Waals surface area contributed by atoms with Gasteiger partial charge in [0.15, 0.2) is 0 Å². The van der Waals surface area contributed by atoms with Crippen molar-refractivity contribution < 1.29 is 4.74 Å². The summed E-state index contributed by atoms with van der Waals surface area (Å²) in [6, 6.07) is 7.40. The third-order valence-electron chi connectivity index (χ3n) is 2.79. The zero-order chi connectivity index (χ0) is 13.8. The number of aromatic nitrogens is 2. The average Bonchev–Trinajstić information content (AvgIpc) is 2.41. The summed E-state index contributed by atoms with van der Waals surface area (Å²) in [7, 11) is 0. The summed E-state index contributed by atoms with van der Waals surface area (Å²) in [5, 5.41) is 0. The molecule has 0 saturated carbocycles. The minimum atomic E-state index is -0.246. The Balaban J connectivity index is 2.39. The van der Waals surface area contributed by atoms with E-state index in [0.717, 1.165) is 5.56 Å². The van der Waals surface area contributed by atoms with Gasteiger partial charge in [-0.3, -0.25) is 4.79 Å². The number of rotatable bonds is 4. The van der Waals surface area contributed by atoms with Crippen LogP contribution in [0.5, 0.6) is 11.6 Å². The molecule has 2 rings (SSSR count). The Hall–Kier alpha value is -2.14. The first kappa shape index (κ1) is 13.3. The van der Waals surface area contributed by atoms with E-state index in [2.05, 4.69) is 4.98 Å². The number of ether oxygens (including phenoxy) is 1. The van der Waals surface area contributed by atoms with Gasteiger partial charge in [0, 0.05) is 30.5 Å². The van der Waals surface area contributed by atoms with Crippen molar-refractivity contribution in [2.24, 2.45) is 5.73 Å². The van der Waals surface area contributed by atoms with Crippen LogP contribution in [0.25, 0.3) is 0 Å². The zero-order valence-electron chi connectivity index (χ0n) is 11.0. The Bertz CT molecular complexity index is 620. The third-order valence-corrected chi connectivity index (χ3v) is 2.79.